The number of hydrogen-bond donors (Lipinski definition) is 1. The van der Waals surface area contributed by atoms with Crippen LogP contribution in [0.2, 0.25) is 0 Å². The molecule has 5 nitrogen and oxygen atoms in total. The first-order valence-corrected chi connectivity index (χ1v) is 9.72. The van der Waals surface area contributed by atoms with Gasteiger partial charge in [-0.2, -0.15) is 0 Å². The number of aromatic nitrogens is 1. The van der Waals surface area contributed by atoms with Crippen LogP contribution in [0.15, 0.2) is 24.4 Å². The van der Waals surface area contributed by atoms with Crippen LogP contribution in [-0.2, 0) is 0 Å². The number of ether oxygens (including phenoxy) is 2. The van der Waals surface area contributed by atoms with Crippen molar-refractivity contribution in [2.75, 3.05) is 6.79 Å². The highest BCUT2D eigenvalue weighted by Gasteiger charge is 2.54. The molecule has 2 saturated carbocycles. The maximum Gasteiger partial charge on any atom is 0.263 e. The summed E-state index contributed by atoms with van der Waals surface area (Å²) in [5, 5.41) is 4.05. The van der Waals surface area contributed by atoms with Crippen LogP contribution in [0, 0.1) is 5.41 Å². The van der Waals surface area contributed by atoms with Crippen LogP contribution >= 0.6 is 11.3 Å². The van der Waals surface area contributed by atoms with Gasteiger partial charge in [-0.25, -0.2) is 4.98 Å². The van der Waals surface area contributed by atoms with Crippen molar-refractivity contribution in [3.63, 3.8) is 0 Å². The molecule has 2 aliphatic carbocycles. The van der Waals surface area contributed by atoms with Gasteiger partial charge in [0.2, 0.25) is 6.79 Å². The number of hydrogen-bond acceptors (Lipinski definition) is 5. The fourth-order valence-corrected chi connectivity index (χ4v) is 4.95. The minimum atomic E-state index is 0.0111. The largest absolute Gasteiger partial charge is 0.454 e. The van der Waals surface area contributed by atoms with Crippen molar-refractivity contribution in [3.05, 3.63) is 29.3 Å². The van der Waals surface area contributed by atoms with Gasteiger partial charge in [0.15, 0.2) is 11.5 Å². The topological polar surface area (TPSA) is 60.5 Å². The fourth-order valence-electron chi connectivity index (χ4n) is 4.13. The number of nitrogens with one attached hydrogen (secondary N) is 1. The van der Waals surface area contributed by atoms with E-state index in [0.717, 1.165) is 28.5 Å². The van der Waals surface area contributed by atoms with Gasteiger partial charge in [0.1, 0.15) is 9.88 Å². The lowest BCUT2D eigenvalue weighted by Gasteiger charge is -2.22. The monoisotopic (exact) mass is 356 g/mol. The van der Waals surface area contributed by atoms with Crippen LogP contribution in [0.4, 0.5) is 0 Å². The first-order valence-electron chi connectivity index (χ1n) is 8.90. The molecule has 1 spiro atoms. The quantitative estimate of drug-likeness (QED) is 0.903. The van der Waals surface area contributed by atoms with Gasteiger partial charge in [-0.15, -0.1) is 11.3 Å². The molecule has 0 radical (unpaired) electrons. The van der Waals surface area contributed by atoms with Gasteiger partial charge in [0.05, 0.1) is 6.20 Å². The first kappa shape index (κ1) is 15.2. The number of rotatable bonds is 3. The zero-order chi connectivity index (χ0) is 16.9. The summed E-state index contributed by atoms with van der Waals surface area (Å²) in [6, 6.07) is 6.11. The van der Waals surface area contributed by atoms with E-state index in [2.05, 4.69) is 10.3 Å². The van der Waals surface area contributed by atoms with E-state index in [9.17, 15) is 4.79 Å². The molecule has 1 atom stereocenters. The molecule has 5 rings (SSSR count). The molecule has 2 heterocycles. The molecule has 0 bridgehead atoms. The van der Waals surface area contributed by atoms with E-state index in [-0.39, 0.29) is 12.7 Å². The van der Waals surface area contributed by atoms with E-state index in [1.165, 1.54) is 43.4 Å². The second-order valence-corrected chi connectivity index (χ2v) is 8.28. The van der Waals surface area contributed by atoms with E-state index >= 15 is 0 Å². The Balaban J connectivity index is 1.29. The number of nitrogens with zero attached hydrogens (tertiary/aromatic N) is 1. The molecule has 1 aromatic heterocycles. The molecule has 0 saturated heterocycles. The van der Waals surface area contributed by atoms with Crippen molar-refractivity contribution in [1.29, 1.82) is 0 Å². The van der Waals surface area contributed by atoms with Crippen LogP contribution in [0.25, 0.3) is 10.6 Å². The summed E-state index contributed by atoms with van der Waals surface area (Å²) in [5.74, 6) is 1.50. The Morgan fingerprint density at radius 3 is 2.92 bits per heavy atom. The third kappa shape index (κ3) is 2.68. The summed E-state index contributed by atoms with van der Waals surface area (Å²) in [4.78, 5) is 17.7. The van der Waals surface area contributed by atoms with Crippen LogP contribution in [-0.4, -0.2) is 23.7 Å². The SMILES string of the molecule is O=C(NC1CC12CCCCC2)c1cnc(-c2ccc3c(c2)OCO3)s1. The van der Waals surface area contributed by atoms with Crippen molar-refractivity contribution in [2.45, 2.75) is 44.6 Å². The zero-order valence-corrected chi connectivity index (χ0v) is 14.7. The first-order chi connectivity index (χ1) is 12.2. The molecular formula is C19H20N2O3S. The van der Waals surface area contributed by atoms with E-state index in [4.69, 9.17) is 9.47 Å². The fraction of sp³-hybridized carbons (Fsp3) is 0.474. The molecule has 1 unspecified atom stereocenters. The standard InChI is InChI=1S/C19H20N2O3S/c22-17(21-16-9-19(16)6-2-1-3-7-19)15-10-20-18(25-15)12-4-5-13-14(8-12)24-11-23-13/h4-5,8,10,16H,1-3,6-7,9,11H2,(H,21,22). The second-order valence-electron chi connectivity index (χ2n) is 7.25. The van der Waals surface area contributed by atoms with Gasteiger partial charge in [0.25, 0.3) is 5.91 Å². The molecule has 1 N–H and O–H groups in total. The van der Waals surface area contributed by atoms with Crippen molar-refractivity contribution >= 4 is 17.2 Å². The lowest BCUT2D eigenvalue weighted by molar-refractivity contribution is 0.0946. The zero-order valence-electron chi connectivity index (χ0n) is 13.9. The molecule has 2 fully saturated rings. The Labute approximate surface area is 150 Å². The van der Waals surface area contributed by atoms with Crippen LogP contribution < -0.4 is 14.8 Å². The van der Waals surface area contributed by atoms with E-state index in [1.54, 1.807) is 6.20 Å². The summed E-state index contributed by atoms with van der Waals surface area (Å²) in [7, 11) is 0. The number of carbonyl (C=O) groups is 1. The minimum Gasteiger partial charge on any atom is -0.454 e. The number of benzene rings is 1. The Hall–Kier alpha value is -2.08. The molecular weight excluding hydrogens is 336 g/mol. The Bertz CT molecular complexity index is 826. The van der Waals surface area contributed by atoms with Gasteiger partial charge in [-0.1, -0.05) is 19.3 Å². The van der Waals surface area contributed by atoms with E-state index in [1.807, 2.05) is 18.2 Å². The molecule has 130 valence electrons. The Morgan fingerprint density at radius 1 is 1.20 bits per heavy atom. The summed E-state index contributed by atoms with van der Waals surface area (Å²) in [5.41, 5.74) is 1.35. The van der Waals surface area contributed by atoms with Gasteiger partial charge < -0.3 is 14.8 Å². The summed E-state index contributed by atoms with van der Waals surface area (Å²) in [6.45, 7) is 0.257. The minimum absolute atomic E-state index is 0.0111. The maximum absolute atomic E-state index is 12.6. The average molecular weight is 356 g/mol. The molecule has 2 aromatic rings. The van der Waals surface area contributed by atoms with Crippen LogP contribution in [0.3, 0.4) is 0 Å². The lowest BCUT2D eigenvalue weighted by atomic mass is 9.86. The smallest absolute Gasteiger partial charge is 0.263 e. The normalized spacial score (nSPS) is 22.8. The predicted octanol–water partition coefficient (Wildman–Crippen LogP) is 3.99. The summed E-state index contributed by atoms with van der Waals surface area (Å²) < 4.78 is 10.7. The van der Waals surface area contributed by atoms with Crippen molar-refractivity contribution in [1.82, 2.24) is 10.3 Å². The number of thiazole rings is 1. The third-order valence-electron chi connectivity index (χ3n) is 5.69. The summed E-state index contributed by atoms with van der Waals surface area (Å²) in [6.07, 6.45) is 9.31. The maximum atomic E-state index is 12.6. The molecule has 3 aliphatic rings. The number of carbonyl (C=O) groups excluding carboxylic acids is 1. The van der Waals surface area contributed by atoms with Gasteiger partial charge >= 0.3 is 0 Å². The molecule has 25 heavy (non-hydrogen) atoms. The Kier molecular flexibility index (Phi) is 3.48. The highest BCUT2D eigenvalue weighted by atomic mass is 32.1. The van der Waals surface area contributed by atoms with Gasteiger partial charge in [-0.3, -0.25) is 4.79 Å². The lowest BCUT2D eigenvalue weighted by Crippen LogP contribution is -2.30. The average Bonchev–Trinajstić information content (AvgIpc) is 3.06. The highest BCUT2D eigenvalue weighted by Crippen LogP contribution is 2.56. The van der Waals surface area contributed by atoms with E-state index < -0.39 is 0 Å². The van der Waals surface area contributed by atoms with Crippen molar-refractivity contribution < 1.29 is 14.3 Å². The van der Waals surface area contributed by atoms with Crippen molar-refractivity contribution in [3.8, 4) is 22.1 Å². The highest BCUT2D eigenvalue weighted by molar-refractivity contribution is 7.16. The van der Waals surface area contributed by atoms with Crippen LogP contribution in [0.5, 0.6) is 11.5 Å². The van der Waals surface area contributed by atoms with Crippen molar-refractivity contribution in [2.24, 2.45) is 5.41 Å². The van der Waals surface area contributed by atoms with Crippen LogP contribution in [0.1, 0.15) is 48.2 Å². The number of amides is 1. The van der Waals surface area contributed by atoms with Gasteiger partial charge in [-0.05, 0) is 42.9 Å². The molecule has 1 amide bonds. The third-order valence-corrected chi connectivity index (χ3v) is 6.74. The van der Waals surface area contributed by atoms with E-state index in [0.29, 0.717) is 16.3 Å². The summed E-state index contributed by atoms with van der Waals surface area (Å²) >= 11 is 1.42. The molecule has 1 aromatic carbocycles. The predicted molar refractivity (Wildman–Crippen MR) is 95.1 cm³/mol. The Morgan fingerprint density at radius 2 is 2.04 bits per heavy atom. The molecule has 6 heteroatoms. The molecule has 1 aliphatic heterocycles. The number of fused-ring (bicyclic) bond motifs is 1. The van der Waals surface area contributed by atoms with Gasteiger partial charge in [0, 0.05) is 11.6 Å². The second kappa shape index (κ2) is 5.73.